The summed E-state index contributed by atoms with van der Waals surface area (Å²) in [5, 5.41) is 20.7. The first-order valence-electron chi connectivity index (χ1n) is 51.0. The molecule has 4 saturated carbocycles. The molecule has 30 rings (SSSR count). The number of aromatic nitrogens is 4. The fourth-order valence-electron chi connectivity index (χ4n) is 27.3. The first-order chi connectivity index (χ1) is 68.5. The van der Waals surface area contributed by atoms with E-state index < -0.39 is 0 Å². The molecular weight excluding hydrogens is 1670 g/mol. The maximum Gasteiger partial charge on any atom is 0.0641 e. The molecule has 8 aromatic heterocycles. The first kappa shape index (κ1) is 78.7. The van der Waals surface area contributed by atoms with Gasteiger partial charge in [-0.2, -0.15) is 0 Å². The summed E-state index contributed by atoms with van der Waals surface area (Å²) in [5.74, 6) is 2.46. The van der Waals surface area contributed by atoms with Crippen LogP contribution in [0.25, 0.3) is 152 Å². The number of hydrogen-bond donors (Lipinski definition) is 0. The molecule has 0 atom stereocenters. The average Bonchev–Trinajstić information content (AvgIpc) is 1.51. The van der Waals surface area contributed by atoms with Crippen LogP contribution in [0.2, 0.25) is 0 Å². The molecular formula is C130H102N8. The van der Waals surface area contributed by atoms with Crippen LogP contribution in [0.4, 0.5) is 68.2 Å². The van der Waals surface area contributed by atoms with Crippen LogP contribution in [-0.2, 0) is 0 Å². The Labute approximate surface area is 801 Å². The smallest absolute Gasteiger partial charge is 0.0641 e. The van der Waals surface area contributed by atoms with Crippen molar-refractivity contribution in [3.63, 3.8) is 0 Å². The van der Waals surface area contributed by atoms with Crippen molar-refractivity contribution in [3.05, 3.63) is 410 Å². The zero-order chi connectivity index (χ0) is 90.1. The molecule has 8 nitrogen and oxygen atoms in total. The van der Waals surface area contributed by atoms with Crippen molar-refractivity contribution in [2.75, 3.05) is 19.6 Å². The van der Waals surface area contributed by atoms with Crippen LogP contribution < -0.4 is 19.6 Å². The molecule has 8 heterocycles. The quantitative estimate of drug-likeness (QED) is 0.0909. The Bertz CT molecular complexity index is 9160. The van der Waals surface area contributed by atoms with Crippen LogP contribution in [0, 0.1) is 0 Å². The van der Waals surface area contributed by atoms with Gasteiger partial charge in [0, 0.05) is 132 Å². The Kier molecular flexibility index (Phi) is 17.6. The first-order valence-corrected chi connectivity index (χ1v) is 51.0. The van der Waals surface area contributed by atoms with E-state index in [2.05, 4.69) is 419 Å². The molecule has 0 bridgehead atoms. The molecule has 0 amide bonds. The van der Waals surface area contributed by atoms with Crippen molar-refractivity contribution in [1.82, 2.24) is 17.6 Å². The van der Waals surface area contributed by atoms with E-state index >= 15 is 0 Å². The van der Waals surface area contributed by atoms with Gasteiger partial charge >= 0.3 is 0 Å². The summed E-state index contributed by atoms with van der Waals surface area (Å²) in [7, 11) is 0. The van der Waals surface area contributed by atoms with Crippen LogP contribution in [0.5, 0.6) is 0 Å². The van der Waals surface area contributed by atoms with E-state index in [0.29, 0.717) is 29.6 Å². The van der Waals surface area contributed by atoms with E-state index in [4.69, 9.17) is 0 Å². The van der Waals surface area contributed by atoms with Crippen LogP contribution in [0.3, 0.4) is 0 Å². The summed E-state index contributed by atoms with van der Waals surface area (Å²) in [6.45, 7) is 0. The van der Waals surface area contributed by atoms with E-state index in [0.717, 1.165) is 65.5 Å². The van der Waals surface area contributed by atoms with E-state index in [9.17, 15) is 0 Å². The van der Waals surface area contributed by atoms with Crippen molar-refractivity contribution in [3.8, 4) is 0 Å². The number of hydrogen-bond acceptors (Lipinski definition) is 4. The molecule has 0 spiro atoms. The highest BCUT2D eigenvalue weighted by atomic mass is 15.2. The lowest BCUT2D eigenvalue weighted by molar-refractivity contribution is 0.396. The highest BCUT2D eigenvalue weighted by molar-refractivity contribution is 6.35. The molecule has 4 aliphatic rings. The second kappa shape index (κ2) is 30.9. The maximum absolute atomic E-state index is 2.71. The molecule has 138 heavy (non-hydrogen) atoms. The van der Waals surface area contributed by atoms with Gasteiger partial charge in [0.1, 0.15) is 0 Å². The van der Waals surface area contributed by atoms with Gasteiger partial charge < -0.3 is 37.2 Å². The van der Waals surface area contributed by atoms with Gasteiger partial charge in [0.05, 0.1) is 88.9 Å². The summed E-state index contributed by atoms with van der Waals surface area (Å²) in [6, 6.07) is 148. The van der Waals surface area contributed by atoms with Crippen molar-refractivity contribution in [2.24, 2.45) is 0 Å². The van der Waals surface area contributed by atoms with Gasteiger partial charge in [-0.05, 0) is 291 Å². The Morgan fingerprint density at radius 1 is 0.152 bits per heavy atom. The van der Waals surface area contributed by atoms with Gasteiger partial charge in [-0.3, -0.25) is 0 Å². The number of rotatable bonds is 17. The molecule has 0 saturated heterocycles. The largest absolute Gasteiger partial charge is 0.310 e. The Hall–Kier alpha value is -15.6. The monoisotopic (exact) mass is 1770 g/mol. The summed E-state index contributed by atoms with van der Waals surface area (Å²) >= 11 is 0. The van der Waals surface area contributed by atoms with Gasteiger partial charge in [-0.1, -0.05) is 257 Å². The Balaban J connectivity index is 0.553. The Morgan fingerprint density at radius 2 is 0.355 bits per heavy atom. The lowest BCUT2D eigenvalue weighted by atomic mass is 9.76. The van der Waals surface area contributed by atoms with Gasteiger partial charge in [-0.15, -0.1) is 0 Å². The predicted molar refractivity (Wildman–Crippen MR) is 582 cm³/mol. The minimum absolute atomic E-state index is 0.385. The molecule has 18 aromatic carbocycles. The third-order valence-corrected chi connectivity index (χ3v) is 33.6. The number of fused-ring (bicyclic) bond motifs is 24. The van der Waals surface area contributed by atoms with Crippen molar-refractivity contribution in [2.45, 2.75) is 139 Å². The minimum atomic E-state index is 0.385. The molecule has 0 unspecified atom stereocenters. The highest BCUT2D eigenvalue weighted by Crippen LogP contribution is 2.58. The molecule has 0 N–H and O–H groups in total. The van der Waals surface area contributed by atoms with Gasteiger partial charge in [0.25, 0.3) is 0 Å². The van der Waals surface area contributed by atoms with Crippen LogP contribution in [-0.4, -0.2) is 17.6 Å². The summed E-state index contributed by atoms with van der Waals surface area (Å²) in [6.07, 6.45) is 21.0. The second-order valence-electron chi connectivity index (χ2n) is 40.8. The fourth-order valence-corrected chi connectivity index (χ4v) is 27.3. The third-order valence-electron chi connectivity index (χ3n) is 33.6. The van der Waals surface area contributed by atoms with Crippen LogP contribution >= 0.6 is 0 Å². The zero-order valence-electron chi connectivity index (χ0n) is 77.4. The standard InChI is InChI=1S/C130H102N8/c1-9-30-81(31-10-1)87-56-60-103-115(73-87)135-119-77-109-101-66-70-113(133(95-45-19-6-20-46-95)96-47-21-7-22-48-96)125-105-63-59-90(76-118(105)138(129(101)125)122(109)79-108(119)100-65-68-111(123(103)127(100)135)131(91-37-11-2-12-38-91)92-39-13-3-14-40-92)85-54-52-84(53-55-85)86-36-29-51-98(72-86)134(97-49-23-8-24-50-97)114-71-67-102-110-80-120-107(78-121(110)137-117-75-89(83-34-27-28-35-83)58-62-106(117)126(114)130(102)137)99-64-69-112(132(93-41-15-4-16-42-93)94-43-17-5-18-44-94)124-104-61-57-88(82-32-25-26-33-82)74-116(104)136(120)128(99)124/h2-8,11-24,29,36-51,56-85H,1,9-10,25-28,30-35,52-55H2. The van der Waals surface area contributed by atoms with Crippen molar-refractivity contribution < 1.29 is 0 Å². The van der Waals surface area contributed by atoms with Crippen LogP contribution in [0.15, 0.2) is 382 Å². The molecule has 0 radical (unpaired) electrons. The fraction of sp³-hybridized carbons (Fsp3) is 0.169. The van der Waals surface area contributed by atoms with E-state index in [-0.39, 0.29) is 0 Å². The molecule has 8 heteroatoms. The third kappa shape index (κ3) is 11.7. The van der Waals surface area contributed by atoms with Gasteiger partial charge in [-0.25, -0.2) is 0 Å². The SMILES string of the molecule is c1ccc(N(c2ccccc2)c2ccc3c4cc5c(cc4n4c6cc(C7CCCCC7)ccc6c2c34)c2ccc(N(c3ccccc3)c3ccccc3)c3c4ccc(C6CCC(c7cccc(N(c8ccccc8)c8ccc9c%10cc%11c(cc%10n%10c%12cc(C%13CCCC%13)ccc%12c8c9%10)c8ccc(N(c9ccccc9)c9ccccc9)c9c%10ccc(C%12CCCC%12)cc%10n%11c89)c7)CC6)cc4n5c23)cc1. The van der Waals surface area contributed by atoms with Crippen molar-refractivity contribution in [1.29, 1.82) is 0 Å². The number of para-hydroxylation sites is 7. The highest BCUT2D eigenvalue weighted by Gasteiger charge is 2.36. The lowest BCUT2D eigenvalue weighted by Gasteiger charge is -2.31. The summed E-state index contributed by atoms with van der Waals surface area (Å²) in [4.78, 5) is 10.1. The number of nitrogens with zero attached hydrogens (tertiary/aromatic N) is 8. The topological polar surface area (TPSA) is 30.6 Å². The maximum atomic E-state index is 2.71. The molecule has 4 fully saturated rings. The lowest BCUT2D eigenvalue weighted by Crippen LogP contribution is -2.14. The van der Waals surface area contributed by atoms with E-state index in [1.165, 1.54) is 292 Å². The van der Waals surface area contributed by atoms with E-state index in [1.54, 1.807) is 0 Å². The van der Waals surface area contributed by atoms with E-state index in [1.807, 2.05) is 0 Å². The predicted octanol–water partition coefficient (Wildman–Crippen LogP) is 37.0. The van der Waals surface area contributed by atoms with Crippen molar-refractivity contribution >= 4 is 221 Å². The average molecular weight is 1780 g/mol. The number of anilines is 12. The molecule has 26 aromatic rings. The summed E-state index contributed by atoms with van der Waals surface area (Å²) in [5.41, 5.74) is 36.6. The normalized spacial score (nSPS) is 16.3. The Morgan fingerprint density at radius 3 is 0.609 bits per heavy atom. The van der Waals surface area contributed by atoms with Gasteiger partial charge in [0.2, 0.25) is 0 Å². The van der Waals surface area contributed by atoms with Crippen LogP contribution in [0.1, 0.15) is 167 Å². The summed E-state index contributed by atoms with van der Waals surface area (Å²) < 4.78 is 10.8. The second-order valence-corrected chi connectivity index (χ2v) is 40.8. The zero-order valence-corrected chi connectivity index (χ0v) is 77.4. The number of benzene rings is 18. The molecule has 0 aliphatic heterocycles. The molecule has 4 aliphatic carbocycles. The molecule has 662 valence electrons. The van der Waals surface area contributed by atoms with Gasteiger partial charge in [0.15, 0.2) is 0 Å². The minimum Gasteiger partial charge on any atom is -0.310 e.